The van der Waals surface area contributed by atoms with E-state index in [2.05, 4.69) is 48.4 Å². The third-order valence-electron chi connectivity index (χ3n) is 3.13. The van der Waals surface area contributed by atoms with Crippen LogP contribution in [0.1, 0.15) is 51.4 Å². The number of nitrogens with two attached hydrogens (primary N) is 1. The van der Waals surface area contributed by atoms with Crippen molar-refractivity contribution in [1.82, 2.24) is 9.97 Å². The van der Waals surface area contributed by atoms with E-state index in [-0.39, 0.29) is 5.92 Å². The molecule has 1 atom stereocenters. The van der Waals surface area contributed by atoms with E-state index in [1.165, 1.54) is 0 Å². The summed E-state index contributed by atoms with van der Waals surface area (Å²) < 4.78 is 0. The Morgan fingerprint density at radius 3 is 2.28 bits per heavy atom. The summed E-state index contributed by atoms with van der Waals surface area (Å²) in [6.07, 6.45) is 1.15. The Hall–Kier alpha value is -1.36. The summed E-state index contributed by atoms with van der Waals surface area (Å²) in [6, 6.07) is 0. The fraction of sp³-hybridized carbons (Fsp3) is 0.692. The maximum absolute atomic E-state index is 5.50. The minimum atomic E-state index is 0.279. The second kappa shape index (κ2) is 6.54. The number of nitrogens with one attached hydrogen (secondary N) is 2. The number of anilines is 2. The Morgan fingerprint density at radius 1 is 1.17 bits per heavy atom. The van der Waals surface area contributed by atoms with E-state index in [0.29, 0.717) is 11.7 Å². The van der Waals surface area contributed by atoms with E-state index in [1.807, 2.05) is 6.92 Å². The molecule has 0 saturated carbocycles. The van der Waals surface area contributed by atoms with Crippen molar-refractivity contribution in [3.8, 4) is 0 Å². The zero-order valence-electron chi connectivity index (χ0n) is 12.0. The van der Waals surface area contributed by atoms with Crippen LogP contribution in [-0.2, 0) is 0 Å². The average molecular weight is 251 g/mol. The van der Waals surface area contributed by atoms with E-state index < -0.39 is 0 Å². The largest absolute Gasteiger partial charge is 0.369 e. The van der Waals surface area contributed by atoms with Crippen molar-refractivity contribution in [2.24, 2.45) is 11.8 Å². The number of hydrazine groups is 1. The van der Waals surface area contributed by atoms with E-state index in [4.69, 9.17) is 5.84 Å². The molecule has 0 fully saturated rings. The standard InChI is InChI=1S/C13H25N5/c1-6-9(4)7-15-12-10(5)13(18-14)17-11(16-12)8(2)3/h8-9H,6-7,14H2,1-5H3,(H2,15,16,17,18). The molecule has 1 heterocycles. The zero-order valence-corrected chi connectivity index (χ0v) is 12.0. The normalized spacial score (nSPS) is 12.6. The van der Waals surface area contributed by atoms with Crippen molar-refractivity contribution in [2.45, 2.75) is 47.0 Å². The lowest BCUT2D eigenvalue weighted by molar-refractivity contribution is 0.591. The lowest BCUT2D eigenvalue weighted by Crippen LogP contribution is -2.17. The molecule has 0 aliphatic heterocycles. The minimum Gasteiger partial charge on any atom is -0.369 e. The van der Waals surface area contributed by atoms with Gasteiger partial charge in [0, 0.05) is 18.0 Å². The molecule has 0 bridgehead atoms. The molecule has 0 radical (unpaired) electrons. The van der Waals surface area contributed by atoms with Gasteiger partial charge >= 0.3 is 0 Å². The molecule has 0 amide bonds. The van der Waals surface area contributed by atoms with Gasteiger partial charge in [-0.2, -0.15) is 0 Å². The lowest BCUT2D eigenvalue weighted by atomic mass is 10.1. The number of nitrogen functional groups attached to an aromatic ring is 1. The van der Waals surface area contributed by atoms with Gasteiger partial charge in [-0.05, 0) is 12.8 Å². The van der Waals surface area contributed by atoms with Crippen LogP contribution >= 0.6 is 0 Å². The number of rotatable bonds is 6. The van der Waals surface area contributed by atoms with Crippen molar-refractivity contribution in [3.63, 3.8) is 0 Å². The fourth-order valence-corrected chi connectivity index (χ4v) is 1.52. The van der Waals surface area contributed by atoms with Gasteiger partial charge in [-0.25, -0.2) is 15.8 Å². The summed E-state index contributed by atoms with van der Waals surface area (Å²) in [5.41, 5.74) is 3.60. The van der Waals surface area contributed by atoms with Crippen LogP contribution in [0, 0.1) is 12.8 Å². The van der Waals surface area contributed by atoms with Crippen LogP contribution < -0.4 is 16.6 Å². The van der Waals surface area contributed by atoms with Crippen molar-refractivity contribution >= 4 is 11.6 Å². The predicted molar refractivity (Wildman–Crippen MR) is 76.6 cm³/mol. The molecular formula is C13H25N5. The van der Waals surface area contributed by atoms with Crippen molar-refractivity contribution in [2.75, 3.05) is 17.3 Å². The van der Waals surface area contributed by atoms with Crippen LogP contribution in [0.5, 0.6) is 0 Å². The first kappa shape index (κ1) is 14.7. The molecule has 0 aliphatic rings. The van der Waals surface area contributed by atoms with E-state index >= 15 is 0 Å². The first-order chi connectivity index (χ1) is 8.49. The fourth-order valence-electron chi connectivity index (χ4n) is 1.52. The van der Waals surface area contributed by atoms with Gasteiger partial charge < -0.3 is 10.7 Å². The molecule has 5 heteroatoms. The van der Waals surface area contributed by atoms with Gasteiger partial charge in [0.25, 0.3) is 0 Å². The minimum absolute atomic E-state index is 0.279. The van der Waals surface area contributed by atoms with Crippen molar-refractivity contribution < 1.29 is 0 Å². The highest BCUT2D eigenvalue weighted by Crippen LogP contribution is 2.22. The van der Waals surface area contributed by atoms with Crippen LogP contribution in [-0.4, -0.2) is 16.5 Å². The quantitative estimate of drug-likeness (QED) is 0.535. The maximum Gasteiger partial charge on any atom is 0.148 e. The average Bonchev–Trinajstić information content (AvgIpc) is 2.36. The first-order valence-electron chi connectivity index (χ1n) is 6.58. The third kappa shape index (κ3) is 3.57. The first-order valence-corrected chi connectivity index (χ1v) is 6.58. The monoisotopic (exact) mass is 251 g/mol. The summed E-state index contributed by atoms with van der Waals surface area (Å²) in [6.45, 7) is 11.4. The highest BCUT2D eigenvalue weighted by atomic mass is 15.3. The predicted octanol–water partition coefficient (Wildman–Crippen LogP) is 2.65. The molecule has 0 saturated heterocycles. The molecule has 1 rings (SSSR count). The maximum atomic E-state index is 5.50. The molecule has 5 nitrogen and oxygen atoms in total. The van der Waals surface area contributed by atoms with E-state index in [9.17, 15) is 0 Å². The van der Waals surface area contributed by atoms with Crippen molar-refractivity contribution in [3.05, 3.63) is 11.4 Å². The highest BCUT2D eigenvalue weighted by Gasteiger charge is 2.12. The number of aromatic nitrogens is 2. The second-order valence-corrected chi connectivity index (χ2v) is 5.10. The third-order valence-corrected chi connectivity index (χ3v) is 3.13. The number of hydrogen-bond acceptors (Lipinski definition) is 5. The smallest absolute Gasteiger partial charge is 0.148 e. The number of nitrogens with zero attached hydrogens (tertiary/aromatic N) is 2. The van der Waals surface area contributed by atoms with Gasteiger partial charge in [0.1, 0.15) is 17.5 Å². The Kier molecular flexibility index (Phi) is 5.34. The van der Waals surface area contributed by atoms with E-state index in [0.717, 1.165) is 30.2 Å². The molecule has 1 unspecified atom stereocenters. The van der Waals surface area contributed by atoms with Crippen LogP contribution in [0.25, 0.3) is 0 Å². The Balaban J connectivity index is 2.97. The molecule has 0 aliphatic carbocycles. The van der Waals surface area contributed by atoms with Crippen LogP contribution in [0.4, 0.5) is 11.6 Å². The summed E-state index contributed by atoms with van der Waals surface area (Å²) in [5.74, 6) is 8.78. The lowest BCUT2D eigenvalue weighted by Gasteiger charge is -2.16. The molecule has 4 N–H and O–H groups in total. The molecule has 1 aromatic heterocycles. The van der Waals surface area contributed by atoms with Gasteiger partial charge in [-0.3, -0.25) is 0 Å². The summed E-state index contributed by atoms with van der Waals surface area (Å²) in [7, 11) is 0. The van der Waals surface area contributed by atoms with Gasteiger partial charge in [0.2, 0.25) is 0 Å². The van der Waals surface area contributed by atoms with Gasteiger partial charge in [-0.15, -0.1) is 0 Å². The van der Waals surface area contributed by atoms with Crippen LogP contribution in [0.15, 0.2) is 0 Å². The van der Waals surface area contributed by atoms with E-state index in [1.54, 1.807) is 0 Å². The molecule has 0 spiro atoms. The second-order valence-electron chi connectivity index (χ2n) is 5.10. The number of hydrogen-bond donors (Lipinski definition) is 3. The summed E-state index contributed by atoms with van der Waals surface area (Å²) in [4.78, 5) is 8.98. The Morgan fingerprint density at radius 2 is 1.78 bits per heavy atom. The molecular weight excluding hydrogens is 226 g/mol. The Labute approximate surface area is 110 Å². The van der Waals surface area contributed by atoms with Crippen LogP contribution in [0.3, 0.4) is 0 Å². The Bertz CT molecular complexity index is 389. The van der Waals surface area contributed by atoms with Gasteiger partial charge in [-0.1, -0.05) is 34.1 Å². The molecule has 18 heavy (non-hydrogen) atoms. The zero-order chi connectivity index (χ0) is 13.7. The SMILES string of the molecule is CCC(C)CNc1nc(C(C)C)nc(NN)c1C. The van der Waals surface area contributed by atoms with Crippen molar-refractivity contribution in [1.29, 1.82) is 0 Å². The highest BCUT2D eigenvalue weighted by molar-refractivity contribution is 5.56. The topological polar surface area (TPSA) is 75.9 Å². The van der Waals surface area contributed by atoms with Gasteiger partial charge in [0.15, 0.2) is 0 Å². The molecule has 0 aromatic carbocycles. The van der Waals surface area contributed by atoms with Gasteiger partial charge in [0.05, 0.1) is 0 Å². The van der Waals surface area contributed by atoms with Crippen LogP contribution in [0.2, 0.25) is 0 Å². The molecule has 102 valence electrons. The molecule has 1 aromatic rings. The summed E-state index contributed by atoms with van der Waals surface area (Å²) >= 11 is 0. The summed E-state index contributed by atoms with van der Waals surface area (Å²) in [5, 5.41) is 3.39.